The number of carbonyl (C=O) groups excluding carboxylic acids is 1. The minimum atomic E-state index is -1.75. The lowest BCUT2D eigenvalue weighted by Crippen LogP contribution is -2.50. The van der Waals surface area contributed by atoms with E-state index in [2.05, 4.69) is 141 Å². The number of ether oxygens (including phenoxy) is 2. The molecule has 0 bridgehead atoms. The number of benzene rings is 5. The fourth-order valence-electron chi connectivity index (χ4n) is 12.9. The van der Waals surface area contributed by atoms with Crippen molar-refractivity contribution in [3.05, 3.63) is 202 Å². The van der Waals surface area contributed by atoms with E-state index in [0.29, 0.717) is 24.5 Å². The lowest BCUT2D eigenvalue weighted by atomic mass is 9.84. The molecule has 4 fully saturated rings. The molecule has 11 rings (SSSR count). The topological polar surface area (TPSA) is 203 Å². The summed E-state index contributed by atoms with van der Waals surface area (Å²) in [6, 6.07) is 44.1. The van der Waals surface area contributed by atoms with E-state index in [-0.39, 0.29) is 63.4 Å². The first-order chi connectivity index (χ1) is 43.5. The summed E-state index contributed by atoms with van der Waals surface area (Å²) in [5.74, 6) is 1.65. The van der Waals surface area contributed by atoms with Crippen LogP contribution in [0.25, 0.3) is 22.3 Å². The molecular weight excluding hydrogens is 1150 g/mol. The number of carboxylic acids is 1. The van der Waals surface area contributed by atoms with Crippen molar-refractivity contribution in [2.24, 2.45) is 0 Å². The van der Waals surface area contributed by atoms with Crippen LogP contribution in [-0.2, 0) is 39.8 Å². The van der Waals surface area contributed by atoms with Gasteiger partial charge in [0.05, 0.1) is 18.8 Å². The van der Waals surface area contributed by atoms with Crippen LogP contribution in [0.3, 0.4) is 0 Å². The predicted molar refractivity (Wildman–Crippen MR) is 366 cm³/mol. The number of aliphatic hydroxyl groups excluding tert-OH is 5. The van der Waals surface area contributed by atoms with Crippen LogP contribution in [0, 0.1) is 13.8 Å². The van der Waals surface area contributed by atoms with Crippen LogP contribution in [0.1, 0.15) is 193 Å². The first-order valence-corrected chi connectivity index (χ1v) is 33.0. The summed E-state index contributed by atoms with van der Waals surface area (Å²) >= 11 is 0. The maximum atomic E-state index is 13.5. The highest BCUT2D eigenvalue weighted by Gasteiger charge is 2.47. The molecule has 2 unspecified atom stereocenters. The second kappa shape index (κ2) is 32.5. The van der Waals surface area contributed by atoms with Gasteiger partial charge in [-0.3, -0.25) is 19.6 Å². The number of aromatic nitrogens is 2. The number of nitrogens with zero attached hydrogens (tertiary/aromatic N) is 3. The number of pyridine rings is 2. The lowest BCUT2D eigenvalue weighted by Gasteiger charge is -2.30. The van der Waals surface area contributed by atoms with E-state index < -0.39 is 37.0 Å². The SMILES string of the molecule is C.C.Cc1ccc(C(C)CCCC(=O)N(Cc2ccccc2)C[C@H](O)[C@@H](O)[C@H](O)[C@H](O)CO)cc1CCC1(c2cnccc2-c2ccccc2OC2CC2)CC1.Cc1ccc(C(C)CCCC(=O)O)cc1CCC1(c2cnccc2-c2ccccc2OC2CC2)CC1. The summed E-state index contributed by atoms with van der Waals surface area (Å²) in [5, 5.41) is 59.1. The van der Waals surface area contributed by atoms with Gasteiger partial charge in [0.15, 0.2) is 0 Å². The largest absolute Gasteiger partial charge is 0.490 e. The van der Waals surface area contributed by atoms with E-state index in [1.54, 1.807) is 0 Å². The average molecular weight is 1250 g/mol. The summed E-state index contributed by atoms with van der Waals surface area (Å²) in [6.07, 6.45) is 18.9. The van der Waals surface area contributed by atoms with Crippen molar-refractivity contribution >= 4 is 11.9 Å². The van der Waals surface area contributed by atoms with E-state index in [1.807, 2.05) is 48.8 Å². The minimum Gasteiger partial charge on any atom is -0.490 e. The van der Waals surface area contributed by atoms with Gasteiger partial charge in [0.2, 0.25) is 5.91 Å². The Hall–Kier alpha value is -7.26. The van der Waals surface area contributed by atoms with Gasteiger partial charge in [-0.15, -0.1) is 0 Å². The lowest BCUT2D eigenvalue weighted by molar-refractivity contribution is -0.140. The van der Waals surface area contributed by atoms with Crippen LogP contribution in [0.4, 0.5) is 0 Å². The molecule has 0 aliphatic heterocycles. The number of carboxylic acid groups (broad SMARTS) is 1. The third kappa shape index (κ3) is 18.5. The van der Waals surface area contributed by atoms with Gasteiger partial charge in [-0.25, -0.2) is 0 Å². The Morgan fingerprint density at radius 3 is 1.47 bits per heavy atom. The van der Waals surface area contributed by atoms with Crippen molar-refractivity contribution in [1.82, 2.24) is 14.9 Å². The molecule has 6 atom stereocenters. The highest BCUT2D eigenvalue weighted by Crippen LogP contribution is 2.56. The van der Waals surface area contributed by atoms with Gasteiger partial charge in [0.1, 0.15) is 35.9 Å². The number of aliphatic hydroxyl groups is 5. The summed E-state index contributed by atoms with van der Waals surface area (Å²) in [7, 11) is 0. The summed E-state index contributed by atoms with van der Waals surface area (Å²) in [6.45, 7) is 8.01. The van der Waals surface area contributed by atoms with E-state index in [0.717, 1.165) is 106 Å². The van der Waals surface area contributed by atoms with Gasteiger partial charge in [-0.1, -0.05) is 132 Å². The Kier molecular flexibility index (Phi) is 25.0. The zero-order chi connectivity index (χ0) is 63.4. The monoisotopic (exact) mass is 1250 g/mol. The van der Waals surface area contributed by atoms with Gasteiger partial charge in [-0.2, -0.15) is 0 Å². The molecule has 5 aromatic carbocycles. The molecule has 92 heavy (non-hydrogen) atoms. The van der Waals surface area contributed by atoms with Crippen molar-refractivity contribution in [2.45, 2.75) is 224 Å². The maximum absolute atomic E-state index is 13.5. The Balaban J connectivity index is 0.000000249. The molecule has 2 heterocycles. The Morgan fingerprint density at radius 1 is 0.576 bits per heavy atom. The van der Waals surface area contributed by atoms with E-state index in [4.69, 9.17) is 19.7 Å². The maximum Gasteiger partial charge on any atom is 0.303 e. The Bertz CT molecular complexity index is 3500. The Labute approximate surface area is 547 Å². The van der Waals surface area contributed by atoms with Crippen LogP contribution < -0.4 is 9.47 Å². The molecular formula is C79H101N3O10. The van der Waals surface area contributed by atoms with Crippen LogP contribution in [0.5, 0.6) is 11.5 Å². The Morgan fingerprint density at radius 2 is 1.02 bits per heavy atom. The third-order valence-electron chi connectivity index (χ3n) is 19.5. The summed E-state index contributed by atoms with van der Waals surface area (Å²) in [5.41, 5.74) is 16.5. The van der Waals surface area contributed by atoms with Gasteiger partial charge in [0, 0.05) is 61.8 Å². The number of carbonyl (C=O) groups is 2. The highest BCUT2D eigenvalue weighted by molar-refractivity contribution is 5.77. The molecule has 4 aliphatic carbocycles. The zero-order valence-corrected chi connectivity index (χ0v) is 53.1. The number of aliphatic carboxylic acids is 1. The smallest absolute Gasteiger partial charge is 0.303 e. The standard InChI is InChI=1S/C45H56N2O7.C32H37NO3.2CH4/c1-30(9-8-14-42(51)47(27-32-10-4-3-5-11-32)28-39(49)43(52)44(53)40(50)29-48)33-16-15-31(2)34(25-33)19-21-45(22-23-45)38-26-46-24-20-36(38)37-12-6-7-13-41(37)54-35-17-18-35;1-22(6-5-9-31(34)35)24-11-10-23(2)25(20-24)14-16-32(17-18-32)29-21-33-19-15-27(29)28-7-3-4-8-30(28)36-26-12-13-26;;/h3-7,10-13,15-16,20,24-26,30,35,39-40,43-44,48-50,52-53H,8-9,14,17-19,21-23,27-29H2,1-2H3;3-4,7-8,10-11,15,19-22,26H,5-6,9,12-14,16-18H2,1-2H3,(H,34,35);2*1H4/t30?,39-,40+,43+,44+;;;/m0.../s1. The van der Waals surface area contributed by atoms with E-state index in [1.165, 1.54) is 78.9 Å². The van der Waals surface area contributed by atoms with Crippen molar-refractivity contribution in [2.75, 3.05) is 13.2 Å². The number of aryl methyl sites for hydroxylation is 4. The number of hydrogen-bond donors (Lipinski definition) is 6. The number of amides is 1. The molecule has 7 aromatic rings. The van der Waals surface area contributed by atoms with Crippen molar-refractivity contribution in [3.8, 4) is 33.8 Å². The van der Waals surface area contributed by atoms with Crippen molar-refractivity contribution < 1.29 is 49.7 Å². The first kappa shape index (κ1) is 70.6. The van der Waals surface area contributed by atoms with E-state index >= 15 is 0 Å². The third-order valence-corrected chi connectivity index (χ3v) is 19.5. The molecule has 13 nitrogen and oxygen atoms in total. The zero-order valence-electron chi connectivity index (χ0n) is 53.1. The van der Waals surface area contributed by atoms with E-state index in [9.17, 15) is 30.0 Å². The second-order valence-corrected chi connectivity index (χ2v) is 26.4. The molecule has 0 radical (unpaired) electrons. The number of hydrogen-bond acceptors (Lipinski definition) is 11. The molecule has 492 valence electrons. The van der Waals surface area contributed by atoms with Crippen LogP contribution in [0.15, 0.2) is 152 Å². The highest BCUT2D eigenvalue weighted by atomic mass is 16.5. The fraction of sp³-hybridized carbons (Fsp3) is 0.468. The summed E-state index contributed by atoms with van der Waals surface area (Å²) < 4.78 is 12.6. The second-order valence-electron chi connectivity index (χ2n) is 26.4. The predicted octanol–water partition coefficient (Wildman–Crippen LogP) is 14.9. The molecule has 13 heteroatoms. The van der Waals surface area contributed by atoms with Gasteiger partial charge in [-0.05, 0) is 225 Å². The molecule has 4 saturated carbocycles. The fourth-order valence-corrected chi connectivity index (χ4v) is 12.9. The van der Waals surface area contributed by atoms with Crippen LogP contribution in [-0.4, -0.2) is 107 Å². The number of para-hydroxylation sites is 2. The molecule has 0 saturated heterocycles. The summed E-state index contributed by atoms with van der Waals surface area (Å²) in [4.78, 5) is 35.0. The normalized spacial score (nSPS) is 17.0. The van der Waals surface area contributed by atoms with Gasteiger partial charge < -0.3 is 45.0 Å². The van der Waals surface area contributed by atoms with Crippen LogP contribution in [0.2, 0.25) is 0 Å². The minimum absolute atomic E-state index is 0. The number of rotatable bonds is 32. The average Bonchev–Trinajstić information content (AvgIpc) is 1.61. The molecule has 1 amide bonds. The molecule has 2 aromatic heterocycles. The molecule has 0 spiro atoms. The van der Waals surface area contributed by atoms with Crippen molar-refractivity contribution in [1.29, 1.82) is 0 Å². The molecule has 4 aliphatic rings. The van der Waals surface area contributed by atoms with Gasteiger partial charge in [0.25, 0.3) is 0 Å². The van der Waals surface area contributed by atoms with Crippen molar-refractivity contribution in [3.63, 3.8) is 0 Å². The molecule has 6 N–H and O–H groups in total. The van der Waals surface area contributed by atoms with Gasteiger partial charge >= 0.3 is 5.97 Å². The van der Waals surface area contributed by atoms with Crippen LogP contribution >= 0.6 is 0 Å². The quantitative estimate of drug-likeness (QED) is 0.0233. The first-order valence-electron chi connectivity index (χ1n) is 33.0.